The Morgan fingerprint density at radius 2 is 0.797 bits per heavy atom. The number of carboxylic acids is 1. The zero-order valence-corrected chi connectivity index (χ0v) is 49.6. The second kappa shape index (κ2) is 54.2. The Kier molecular flexibility index (Phi) is 49.9. The van der Waals surface area contributed by atoms with Crippen LogP contribution in [0.3, 0.4) is 0 Å². The van der Waals surface area contributed by atoms with Crippen LogP contribution >= 0.6 is 0 Å². The molecule has 0 aromatic heterocycles. The summed E-state index contributed by atoms with van der Waals surface area (Å²) in [5.41, 5.74) is 0. The van der Waals surface area contributed by atoms with Crippen molar-refractivity contribution in [2.45, 2.75) is 289 Å². The first-order valence-electron chi connectivity index (χ1n) is 31.2. The summed E-state index contributed by atoms with van der Waals surface area (Å²) in [6.07, 6.45) is 59.3. The van der Waals surface area contributed by atoms with Crippen LogP contribution in [-0.2, 0) is 42.9 Å². The molecule has 0 bridgehead atoms. The number of ether oxygens (including phenoxy) is 5. The minimum Gasteiger partial charge on any atom is -0.479 e. The van der Waals surface area contributed by atoms with Crippen LogP contribution in [0.15, 0.2) is 97.2 Å². The van der Waals surface area contributed by atoms with Crippen molar-refractivity contribution in [1.82, 2.24) is 0 Å². The van der Waals surface area contributed by atoms with Crippen LogP contribution in [0.2, 0.25) is 0 Å². The SMILES string of the molecule is CC/C=C\C/C=C\C/C=C\C/C=C\CCCCCCCCC(=O)OC1C(OCC(COC(=O)CCCCCCCCC/C=C\C/C=C\C/C=C\CC)OC(=O)CCCCCCC/C=C\CCCCCC)OC(C(=O)O)C(O)C1O. The molecule has 0 radical (unpaired) electrons. The van der Waals surface area contributed by atoms with E-state index in [0.717, 1.165) is 161 Å². The standard InChI is InChI=1S/C67H110O12/c1-4-7-10-13-16-19-22-25-27-29-30-32-34-37-40-43-46-49-52-55-61(70)78-65-63(72)62(71)64(66(73)74)79-67(65)76-57-58(77-60(69)54-51-48-45-42-39-35-24-21-18-15-12-9-6-3)56-75-59(68)53-50-47-44-41-38-36-33-31-28-26-23-20-17-14-11-8-5-2/h7-8,10-11,16-17,19-21,24-28,30,32,58,62-65,67,71-72H,4-6,9,12-15,18,22-23,29,31,33-57H2,1-3H3,(H,73,74)/b10-7-,11-8-,19-16-,20-17-,24-21-,27-25-,28-26-,32-30-. The molecule has 1 saturated heterocycles. The number of unbranched alkanes of at least 4 members (excludes halogenated alkanes) is 22. The van der Waals surface area contributed by atoms with Crippen molar-refractivity contribution in [1.29, 1.82) is 0 Å². The van der Waals surface area contributed by atoms with Gasteiger partial charge in [0.2, 0.25) is 0 Å². The number of carbonyl (C=O) groups is 4. The highest BCUT2D eigenvalue weighted by molar-refractivity contribution is 5.74. The maximum Gasteiger partial charge on any atom is 0.335 e. The number of carboxylic acid groups (broad SMARTS) is 1. The molecule has 1 heterocycles. The van der Waals surface area contributed by atoms with Gasteiger partial charge in [0, 0.05) is 19.3 Å². The van der Waals surface area contributed by atoms with Crippen molar-refractivity contribution >= 4 is 23.9 Å². The predicted molar refractivity (Wildman–Crippen MR) is 321 cm³/mol. The molecule has 450 valence electrons. The molecular weight excluding hydrogens is 997 g/mol. The smallest absolute Gasteiger partial charge is 0.335 e. The van der Waals surface area contributed by atoms with E-state index in [2.05, 4.69) is 118 Å². The van der Waals surface area contributed by atoms with E-state index in [4.69, 9.17) is 23.7 Å². The number of rotatable bonds is 52. The van der Waals surface area contributed by atoms with E-state index in [1.807, 2.05) is 0 Å². The number of carbonyl (C=O) groups excluding carboxylic acids is 3. The monoisotopic (exact) mass is 1110 g/mol. The van der Waals surface area contributed by atoms with Gasteiger partial charge in [-0.05, 0) is 116 Å². The molecule has 79 heavy (non-hydrogen) atoms. The Morgan fingerprint density at radius 1 is 0.430 bits per heavy atom. The summed E-state index contributed by atoms with van der Waals surface area (Å²) in [5, 5.41) is 31.6. The average Bonchev–Trinajstić information content (AvgIpc) is 3.46. The van der Waals surface area contributed by atoms with Gasteiger partial charge in [0.05, 0.1) is 6.61 Å². The molecule has 1 aliphatic rings. The second-order valence-electron chi connectivity index (χ2n) is 20.9. The molecule has 6 unspecified atom stereocenters. The summed E-state index contributed by atoms with van der Waals surface area (Å²) < 4.78 is 28.5. The fraction of sp³-hybridized carbons (Fsp3) is 0.701. The first kappa shape index (κ1) is 72.7. The third kappa shape index (κ3) is 44.0. The number of hydrogen-bond acceptors (Lipinski definition) is 11. The predicted octanol–water partition coefficient (Wildman–Crippen LogP) is 16.5. The molecule has 1 aliphatic heterocycles. The Labute approximate surface area is 479 Å². The lowest BCUT2D eigenvalue weighted by molar-refractivity contribution is -0.301. The van der Waals surface area contributed by atoms with Crippen LogP contribution in [0.25, 0.3) is 0 Å². The quantitative estimate of drug-likeness (QED) is 0.0228. The van der Waals surface area contributed by atoms with Gasteiger partial charge < -0.3 is 39.0 Å². The summed E-state index contributed by atoms with van der Waals surface area (Å²) in [6.45, 7) is 5.74. The highest BCUT2D eigenvalue weighted by Crippen LogP contribution is 2.26. The molecule has 12 nitrogen and oxygen atoms in total. The van der Waals surface area contributed by atoms with Gasteiger partial charge in [-0.3, -0.25) is 14.4 Å². The van der Waals surface area contributed by atoms with Gasteiger partial charge in [-0.25, -0.2) is 4.79 Å². The van der Waals surface area contributed by atoms with E-state index in [1.54, 1.807) is 0 Å². The second-order valence-corrected chi connectivity index (χ2v) is 20.9. The number of allylic oxidation sites excluding steroid dienone is 16. The summed E-state index contributed by atoms with van der Waals surface area (Å²) in [5.74, 6) is -3.16. The summed E-state index contributed by atoms with van der Waals surface area (Å²) in [6, 6.07) is 0. The molecule has 1 fully saturated rings. The number of esters is 3. The van der Waals surface area contributed by atoms with Crippen LogP contribution < -0.4 is 0 Å². The minimum atomic E-state index is -1.92. The maximum absolute atomic E-state index is 13.2. The molecule has 0 aromatic carbocycles. The van der Waals surface area contributed by atoms with E-state index in [1.165, 1.54) is 32.1 Å². The van der Waals surface area contributed by atoms with E-state index in [9.17, 15) is 34.5 Å². The normalized spacial score (nSPS) is 18.5. The third-order valence-corrected chi connectivity index (χ3v) is 13.6. The van der Waals surface area contributed by atoms with Gasteiger partial charge in [-0.15, -0.1) is 0 Å². The van der Waals surface area contributed by atoms with E-state index in [-0.39, 0.29) is 25.9 Å². The molecule has 12 heteroatoms. The van der Waals surface area contributed by atoms with Crippen molar-refractivity contribution in [3.05, 3.63) is 97.2 Å². The molecule has 0 amide bonds. The number of hydrogen-bond donors (Lipinski definition) is 3. The molecule has 3 N–H and O–H groups in total. The van der Waals surface area contributed by atoms with Crippen LogP contribution in [0.1, 0.15) is 252 Å². The van der Waals surface area contributed by atoms with Gasteiger partial charge in [-0.2, -0.15) is 0 Å². The lowest BCUT2D eigenvalue weighted by Gasteiger charge is -2.40. The Balaban J connectivity index is 2.68. The fourth-order valence-corrected chi connectivity index (χ4v) is 8.90. The molecular formula is C67H110O12. The van der Waals surface area contributed by atoms with Gasteiger partial charge in [0.1, 0.15) is 18.8 Å². The van der Waals surface area contributed by atoms with Crippen molar-refractivity contribution in [2.75, 3.05) is 13.2 Å². The molecule has 0 saturated carbocycles. The molecule has 6 atom stereocenters. The Hall–Kier alpha value is -4.36. The zero-order chi connectivity index (χ0) is 57.5. The van der Waals surface area contributed by atoms with Gasteiger partial charge in [0.15, 0.2) is 24.6 Å². The van der Waals surface area contributed by atoms with Crippen LogP contribution in [0, 0.1) is 0 Å². The number of aliphatic carboxylic acids is 1. The molecule has 1 rings (SSSR count). The van der Waals surface area contributed by atoms with Gasteiger partial charge in [0.25, 0.3) is 0 Å². The molecule has 0 aromatic rings. The van der Waals surface area contributed by atoms with E-state index >= 15 is 0 Å². The minimum absolute atomic E-state index is 0.0387. The summed E-state index contributed by atoms with van der Waals surface area (Å²) in [4.78, 5) is 51.2. The van der Waals surface area contributed by atoms with Crippen molar-refractivity contribution in [3.8, 4) is 0 Å². The first-order valence-corrected chi connectivity index (χ1v) is 31.2. The van der Waals surface area contributed by atoms with Crippen LogP contribution in [-0.4, -0.2) is 89.2 Å². The van der Waals surface area contributed by atoms with Gasteiger partial charge >= 0.3 is 23.9 Å². The van der Waals surface area contributed by atoms with Gasteiger partial charge in [-0.1, -0.05) is 214 Å². The lowest BCUT2D eigenvalue weighted by Crippen LogP contribution is -2.61. The average molecular weight is 1110 g/mol. The van der Waals surface area contributed by atoms with Crippen LogP contribution in [0.4, 0.5) is 0 Å². The van der Waals surface area contributed by atoms with Crippen molar-refractivity contribution in [2.24, 2.45) is 0 Å². The molecule has 0 spiro atoms. The Morgan fingerprint density at radius 3 is 1.23 bits per heavy atom. The first-order chi connectivity index (χ1) is 38.6. The largest absolute Gasteiger partial charge is 0.479 e. The zero-order valence-electron chi connectivity index (χ0n) is 49.6. The maximum atomic E-state index is 13.2. The fourth-order valence-electron chi connectivity index (χ4n) is 8.90. The van der Waals surface area contributed by atoms with Crippen molar-refractivity contribution < 1.29 is 58.2 Å². The number of aliphatic hydroxyl groups is 2. The van der Waals surface area contributed by atoms with E-state index < -0.39 is 67.3 Å². The highest BCUT2D eigenvalue weighted by Gasteiger charge is 2.50. The Bertz CT molecular complexity index is 1740. The number of aliphatic hydroxyl groups excluding tert-OH is 2. The lowest BCUT2D eigenvalue weighted by atomic mass is 9.98. The summed E-state index contributed by atoms with van der Waals surface area (Å²) >= 11 is 0. The highest BCUT2D eigenvalue weighted by atomic mass is 16.7. The molecule has 0 aliphatic carbocycles. The van der Waals surface area contributed by atoms with Crippen molar-refractivity contribution in [3.63, 3.8) is 0 Å². The topological polar surface area (TPSA) is 175 Å². The van der Waals surface area contributed by atoms with Crippen LogP contribution in [0.5, 0.6) is 0 Å². The van der Waals surface area contributed by atoms with E-state index in [0.29, 0.717) is 19.3 Å². The third-order valence-electron chi connectivity index (χ3n) is 13.6. The summed E-state index contributed by atoms with van der Waals surface area (Å²) in [7, 11) is 0.